The van der Waals surface area contributed by atoms with E-state index in [1.54, 1.807) is 0 Å². The first-order valence-electron chi connectivity index (χ1n) is 5.55. The summed E-state index contributed by atoms with van der Waals surface area (Å²) >= 11 is 7.33. The molecule has 0 spiro atoms. The molecule has 0 amide bonds. The van der Waals surface area contributed by atoms with Crippen LogP contribution in [0.4, 0.5) is 0 Å². The zero-order valence-electron chi connectivity index (χ0n) is 9.24. The second-order valence-electron chi connectivity index (χ2n) is 4.36. The lowest BCUT2D eigenvalue weighted by Gasteiger charge is -2.02. The second kappa shape index (κ2) is 5.19. The van der Waals surface area contributed by atoms with Crippen molar-refractivity contribution in [1.82, 2.24) is 0 Å². The molecule has 0 N–H and O–H groups in total. The van der Waals surface area contributed by atoms with E-state index in [4.69, 9.17) is 16.3 Å². The smallest absolute Gasteiger partial charge is 0.306 e. The molecule has 2 unspecified atom stereocenters. The Morgan fingerprint density at radius 2 is 2.38 bits per heavy atom. The quantitative estimate of drug-likeness (QED) is 0.756. The molecule has 1 aliphatic carbocycles. The van der Waals surface area contributed by atoms with Gasteiger partial charge in [0.25, 0.3) is 0 Å². The number of thiophene rings is 1. The minimum Gasteiger partial charge on any atom is -0.465 e. The van der Waals surface area contributed by atoms with E-state index in [-0.39, 0.29) is 5.97 Å². The summed E-state index contributed by atoms with van der Waals surface area (Å²) in [5.41, 5.74) is 0. The van der Waals surface area contributed by atoms with Crippen LogP contribution in [-0.4, -0.2) is 12.6 Å². The van der Waals surface area contributed by atoms with Crippen LogP contribution in [0.5, 0.6) is 0 Å². The van der Waals surface area contributed by atoms with Crippen molar-refractivity contribution in [3.63, 3.8) is 0 Å². The topological polar surface area (TPSA) is 26.3 Å². The average molecular weight is 259 g/mol. The lowest BCUT2D eigenvalue weighted by molar-refractivity contribution is -0.144. The largest absolute Gasteiger partial charge is 0.465 e. The van der Waals surface area contributed by atoms with Crippen LogP contribution in [0.25, 0.3) is 0 Å². The summed E-state index contributed by atoms with van der Waals surface area (Å²) in [5, 5.41) is 0. The monoisotopic (exact) mass is 258 g/mol. The maximum Gasteiger partial charge on any atom is 0.306 e. The first kappa shape index (κ1) is 11.9. The number of hydrogen-bond donors (Lipinski definition) is 0. The molecule has 1 heterocycles. The summed E-state index contributed by atoms with van der Waals surface area (Å²) in [6, 6.07) is 3.82. The molecule has 1 fully saturated rings. The Kier molecular flexibility index (Phi) is 3.87. The van der Waals surface area contributed by atoms with E-state index >= 15 is 0 Å². The van der Waals surface area contributed by atoms with Gasteiger partial charge in [-0.1, -0.05) is 18.5 Å². The Hall–Kier alpha value is -0.540. The Balaban J connectivity index is 1.63. The van der Waals surface area contributed by atoms with Crippen LogP contribution < -0.4 is 0 Å². The van der Waals surface area contributed by atoms with Crippen molar-refractivity contribution in [3.8, 4) is 0 Å². The summed E-state index contributed by atoms with van der Waals surface area (Å²) in [5.74, 6) is 1.26. The van der Waals surface area contributed by atoms with E-state index in [1.165, 1.54) is 17.8 Å². The van der Waals surface area contributed by atoms with Gasteiger partial charge in [-0.2, -0.15) is 0 Å². The lowest BCUT2D eigenvalue weighted by atomic mass is 10.3. The molecule has 2 atom stereocenters. The van der Waals surface area contributed by atoms with Crippen molar-refractivity contribution in [2.45, 2.75) is 26.2 Å². The molecule has 1 saturated carbocycles. The molecule has 2 nitrogen and oxygen atoms in total. The van der Waals surface area contributed by atoms with Gasteiger partial charge in [0.1, 0.15) is 0 Å². The normalized spacial score (nSPS) is 23.1. The van der Waals surface area contributed by atoms with Gasteiger partial charge in [-0.15, -0.1) is 11.3 Å². The standard InChI is InChI=1S/C12H15ClO2S/c1-8-6-9(8)7-15-12(14)5-3-10-2-4-11(13)16-10/h2,4,8-9H,3,5-7H2,1H3. The van der Waals surface area contributed by atoms with Crippen molar-refractivity contribution in [1.29, 1.82) is 0 Å². The maximum absolute atomic E-state index is 11.4. The fraction of sp³-hybridized carbons (Fsp3) is 0.583. The Bertz CT molecular complexity index is 375. The van der Waals surface area contributed by atoms with Crippen molar-refractivity contribution in [2.24, 2.45) is 11.8 Å². The van der Waals surface area contributed by atoms with Crippen LogP contribution in [0.15, 0.2) is 12.1 Å². The van der Waals surface area contributed by atoms with Crippen LogP contribution in [-0.2, 0) is 16.0 Å². The van der Waals surface area contributed by atoms with Gasteiger partial charge in [0.05, 0.1) is 17.4 Å². The van der Waals surface area contributed by atoms with E-state index < -0.39 is 0 Å². The van der Waals surface area contributed by atoms with E-state index in [9.17, 15) is 4.79 Å². The molecule has 0 aliphatic heterocycles. The minimum absolute atomic E-state index is 0.0939. The Morgan fingerprint density at radius 3 is 2.94 bits per heavy atom. The van der Waals surface area contributed by atoms with Crippen molar-refractivity contribution < 1.29 is 9.53 Å². The molecule has 1 aliphatic rings. The fourth-order valence-corrected chi connectivity index (χ4v) is 2.70. The maximum atomic E-state index is 11.4. The minimum atomic E-state index is -0.0939. The van der Waals surface area contributed by atoms with E-state index in [0.29, 0.717) is 18.9 Å². The summed E-state index contributed by atoms with van der Waals surface area (Å²) in [6.45, 7) is 2.79. The predicted octanol–water partition coefficient (Wildman–Crippen LogP) is 3.53. The van der Waals surface area contributed by atoms with Crippen molar-refractivity contribution in [3.05, 3.63) is 21.3 Å². The number of aryl methyl sites for hydroxylation is 1. The molecule has 16 heavy (non-hydrogen) atoms. The summed E-state index contributed by atoms with van der Waals surface area (Å²) < 4.78 is 5.97. The zero-order chi connectivity index (χ0) is 11.5. The van der Waals surface area contributed by atoms with Gasteiger partial charge in [-0.25, -0.2) is 0 Å². The summed E-state index contributed by atoms with van der Waals surface area (Å²) in [4.78, 5) is 12.6. The third kappa shape index (κ3) is 3.49. The summed E-state index contributed by atoms with van der Waals surface area (Å²) in [7, 11) is 0. The van der Waals surface area contributed by atoms with Gasteiger partial charge in [-0.05, 0) is 36.8 Å². The Labute approximate surface area is 105 Å². The van der Waals surface area contributed by atoms with Gasteiger partial charge in [0, 0.05) is 4.88 Å². The fourth-order valence-electron chi connectivity index (χ4n) is 1.61. The number of ether oxygens (including phenoxy) is 1. The molecule has 1 aromatic rings. The molecule has 4 heteroatoms. The molecule has 2 rings (SSSR count). The first-order chi connectivity index (χ1) is 7.65. The molecular formula is C12H15ClO2S. The summed E-state index contributed by atoms with van der Waals surface area (Å²) in [6.07, 6.45) is 2.39. The third-order valence-corrected chi connectivity index (χ3v) is 4.23. The molecule has 0 aromatic carbocycles. The first-order valence-corrected chi connectivity index (χ1v) is 6.74. The predicted molar refractivity (Wildman–Crippen MR) is 65.9 cm³/mol. The SMILES string of the molecule is CC1CC1COC(=O)CCc1ccc(Cl)s1. The van der Waals surface area contributed by atoms with Crippen molar-refractivity contribution >= 4 is 28.9 Å². The van der Waals surface area contributed by atoms with Gasteiger partial charge < -0.3 is 4.74 Å². The van der Waals surface area contributed by atoms with E-state index in [0.717, 1.165) is 21.6 Å². The van der Waals surface area contributed by atoms with Crippen LogP contribution in [0.2, 0.25) is 4.34 Å². The van der Waals surface area contributed by atoms with Gasteiger partial charge in [0.2, 0.25) is 0 Å². The lowest BCUT2D eigenvalue weighted by Crippen LogP contribution is -2.08. The van der Waals surface area contributed by atoms with E-state index in [1.807, 2.05) is 12.1 Å². The number of hydrogen-bond acceptors (Lipinski definition) is 3. The van der Waals surface area contributed by atoms with Crippen LogP contribution in [0.1, 0.15) is 24.6 Å². The highest BCUT2D eigenvalue weighted by atomic mass is 35.5. The van der Waals surface area contributed by atoms with Crippen LogP contribution >= 0.6 is 22.9 Å². The third-order valence-electron chi connectivity index (χ3n) is 2.94. The molecule has 1 aromatic heterocycles. The van der Waals surface area contributed by atoms with Crippen LogP contribution in [0, 0.1) is 11.8 Å². The van der Waals surface area contributed by atoms with Crippen LogP contribution in [0.3, 0.4) is 0 Å². The highest BCUT2D eigenvalue weighted by Gasteiger charge is 2.33. The number of carbonyl (C=O) groups is 1. The Morgan fingerprint density at radius 1 is 1.62 bits per heavy atom. The zero-order valence-corrected chi connectivity index (χ0v) is 10.8. The number of esters is 1. The van der Waals surface area contributed by atoms with Gasteiger partial charge >= 0.3 is 5.97 Å². The number of carbonyl (C=O) groups excluding carboxylic acids is 1. The van der Waals surface area contributed by atoms with E-state index in [2.05, 4.69) is 6.92 Å². The number of rotatable bonds is 5. The highest BCUT2D eigenvalue weighted by molar-refractivity contribution is 7.16. The highest BCUT2D eigenvalue weighted by Crippen LogP contribution is 2.37. The molecule has 0 saturated heterocycles. The molecule has 88 valence electrons. The average Bonchev–Trinajstić information content (AvgIpc) is 2.79. The van der Waals surface area contributed by atoms with Gasteiger partial charge in [-0.3, -0.25) is 4.79 Å². The number of halogens is 1. The van der Waals surface area contributed by atoms with Crippen molar-refractivity contribution in [2.75, 3.05) is 6.61 Å². The second-order valence-corrected chi connectivity index (χ2v) is 6.16. The van der Waals surface area contributed by atoms with Gasteiger partial charge in [0.15, 0.2) is 0 Å². The molecule has 0 radical (unpaired) electrons. The molecule has 0 bridgehead atoms. The molecular weight excluding hydrogens is 244 g/mol.